The van der Waals surface area contributed by atoms with Crippen molar-refractivity contribution >= 4 is 23.7 Å². The van der Waals surface area contributed by atoms with Crippen LogP contribution in [0.15, 0.2) is 48.5 Å². The summed E-state index contributed by atoms with van der Waals surface area (Å²) in [6.45, 7) is -1.43. The molecule has 2 aromatic rings. The summed E-state index contributed by atoms with van der Waals surface area (Å²) in [6.07, 6.45) is -12.5. The number of methoxy groups -OCH3 is 2. The van der Waals surface area contributed by atoms with E-state index in [2.05, 4.69) is 0 Å². The van der Waals surface area contributed by atoms with Crippen molar-refractivity contribution in [2.45, 2.75) is 59.7 Å². The molecule has 2 aliphatic rings. The lowest BCUT2D eigenvalue weighted by atomic mass is 9.99. The number of carbonyl (C=O) groups excluding carboxylic acids is 2. The Bertz CT molecular complexity index is 1150. The lowest BCUT2D eigenvalue weighted by Gasteiger charge is -2.45. The van der Waals surface area contributed by atoms with Gasteiger partial charge in [0.1, 0.15) is 59.0 Å². The van der Waals surface area contributed by atoms with Crippen LogP contribution < -0.4 is 9.47 Å². The van der Waals surface area contributed by atoms with Crippen molar-refractivity contribution in [3.05, 3.63) is 59.7 Å². The van der Waals surface area contributed by atoms with Crippen LogP contribution in [-0.4, -0.2) is 130 Å². The largest absolute Gasteiger partial charge is 0.497 e. The van der Waals surface area contributed by atoms with Gasteiger partial charge in [-0.05, 0) is 36.4 Å². The Morgan fingerprint density at radius 1 is 0.698 bits per heavy atom. The molecule has 2 aromatic carbocycles. The molecule has 0 aliphatic carbocycles. The number of benzene rings is 2. The number of hydrogen-bond acceptors (Lipinski definition) is 15. The maximum Gasteiger partial charge on any atom is 0.338 e. The topological polar surface area (TPSA) is 211 Å². The van der Waals surface area contributed by atoms with Gasteiger partial charge in [-0.3, -0.25) is 0 Å². The maximum absolute atomic E-state index is 12.9. The van der Waals surface area contributed by atoms with E-state index >= 15 is 0 Å². The Kier molecular flexibility index (Phi) is 11.2. The van der Waals surface area contributed by atoms with E-state index in [1.165, 1.54) is 38.5 Å². The first-order valence-electron chi connectivity index (χ1n) is 13.2. The van der Waals surface area contributed by atoms with E-state index in [4.69, 9.17) is 28.4 Å². The SMILES string of the molecule is COc1cccc(C(=O)OC2C(O)[C@H](S[C@@H]3OC(CO)[C@H](O)C(OC(=O)c4cccc(OC)c4)C3O)OC(CO)[C@@H]2O)c1. The molecule has 43 heavy (non-hydrogen) atoms. The summed E-state index contributed by atoms with van der Waals surface area (Å²) < 4.78 is 32.3. The molecule has 2 saturated heterocycles. The first kappa shape index (κ1) is 32.9. The van der Waals surface area contributed by atoms with Crippen LogP contribution in [0.3, 0.4) is 0 Å². The summed E-state index contributed by atoms with van der Waals surface area (Å²) >= 11 is 0.654. The molecule has 15 heteroatoms. The molecule has 0 bridgehead atoms. The fourth-order valence-corrected chi connectivity index (χ4v) is 5.93. The molecule has 0 amide bonds. The van der Waals surface area contributed by atoms with Crippen LogP contribution in [0.25, 0.3) is 0 Å². The van der Waals surface area contributed by atoms with Crippen LogP contribution in [0.5, 0.6) is 11.5 Å². The molecular weight excluding hydrogens is 592 g/mol. The smallest absolute Gasteiger partial charge is 0.338 e. The number of aliphatic hydroxyl groups excluding tert-OH is 6. The first-order valence-corrected chi connectivity index (χ1v) is 14.2. The summed E-state index contributed by atoms with van der Waals surface area (Å²) in [4.78, 5) is 25.7. The second kappa shape index (κ2) is 14.7. The lowest BCUT2D eigenvalue weighted by Crippen LogP contribution is -2.62. The third kappa shape index (κ3) is 7.39. The van der Waals surface area contributed by atoms with Crippen molar-refractivity contribution in [3.63, 3.8) is 0 Å². The zero-order valence-electron chi connectivity index (χ0n) is 23.2. The van der Waals surface area contributed by atoms with E-state index in [-0.39, 0.29) is 11.1 Å². The van der Waals surface area contributed by atoms with Crippen LogP contribution in [-0.2, 0) is 18.9 Å². The minimum absolute atomic E-state index is 0.0708. The number of esters is 2. The third-order valence-electron chi connectivity index (χ3n) is 7.01. The van der Waals surface area contributed by atoms with Crippen molar-refractivity contribution in [2.24, 2.45) is 0 Å². The summed E-state index contributed by atoms with van der Waals surface area (Å²) in [5.74, 6) is -1.05. The zero-order chi connectivity index (χ0) is 31.3. The van der Waals surface area contributed by atoms with Crippen molar-refractivity contribution in [2.75, 3.05) is 27.4 Å². The third-order valence-corrected chi connectivity index (χ3v) is 8.33. The minimum atomic E-state index is -1.70. The van der Waals surface area contributed by atoms with Gasteiger partial charge >= 0.3 is 11.9 Å². The predicted octanol–water partition coefficient (Wildman–Crippen LogP) is -0.934. The van der Waals surface area contributed by atoms with Crippen molar-refractivity contribution < 1.29 is 68.6 Å². The lowest BCUT2D eigenvalue weighted by molar-refractivity contribution is -0.215. The Labute approximate surface area is 250 Å². The Morgan fingerprint density at radius 3 is 1.44 bits per heavy atom. The molecule has 2 fully saturated rings. The number of ether oxygens (including phenoxy) is 6. The van der Waals surface area contributed by atoms with E-state index < -0.39 is 84.9 Å². The highest BCUT2D eigenvalue weighted by Gasteiger charge is 2.52. The van der Waals surface area contributed by atoms with E-state index in [9.17, 15) is 40.2 Å². The van der Waals surface area contributed by atoms with Crippen LogP contribution in [0.4, 0.5) is 0 Å². The second-order valence-electron chi connectivity index (χ2n) is 9.75. The number of aliphatic hydroxyl groups is 6. The molecule has 236 valence electrons. The van der Waals surface area contributed by atoms with Crippen LogP contribution in [0, 0.1) is 0 Å². The molecule has 4 rings (SSSR count). The van der Waals surface area contributed by atoms with Gasteiger partial charge < -0.3 is 59.1 Å². The van der Waals surface area contributed by atoms with Gasteiger partial charge in [0.05, 0.1) is 38.6 Å². The van der Waals surface area contributed by atoms with E-state index in [0.29, 0.717) is 23.3 Å². The van der Waals surface area contributed by atoms with E-state index in [1.807, 2.05) is 0 Å². The molecule has 2 aliphatic heterocycles. The van der Waals surface area contributed by atoms with E-state index in [0.717, 1.165) is 0 Å². The van der Waals surface area contributed by atoms with Crippen LogP contribution in [0.2, 0.25) is 0 Å². The van der Waals surface area contributed by atoms with E-state index in [1.54, 1.807) is 24.3 Å². The highest BCUT2D eigenvalue weighted by atomic mass is 32.2. The molecule has 6 unspecified atom stereocenters. The summed E-state index contributed by atoms with van der Waals surface area (Å²) in [7, 11) is 2.83. The van der Waals surface area contributed by atoms with Gasteiger partial charge in [-0.1, -0.05) is 23.9 Å². The quantitative estimate of drug-likeness (QED) is 0.176. The fraction of sp³-hybridized carbons (Fsp3) is 0.500. The summed E-state index contributed by atoms with van der Waals surface area (Å²) in [6, 6.07) is 12.0. The van der Waals surface area contributed by atoms with Gasteiger partial charge in [-0.2, -0.15) is 0 Å². The molecule has 0 saturated carbocycles. The molecule has 14 nitrogen and oxygen atoms in total. The standard InChI is InChI=1S/C28H34O14S/c1-37-15-7-3-5-13(9-15)25(35)41-23-19(31)17(11-29)39-27(21(23)33)43-28-22(34)24(20(32)18(12-30)40-28)42-26(36)14-6-4-8-16(10-14)38-2/h3-10,17-24,27-34H,11-12H2,1-2H3/t17?,18?,19-,20-,21?,22?,23?,24?,27-,28-/m0/s1. The number of thioether (sulfide) groups is 1. The molecular formula is C28H34O14S. The molecule has 0 radical (unpaired) electrons. The van der Waals surface area contributed by atoms with Crippen molar-refractivity contribution in [1.29, 1.82) is 0 Å². The second-order valence-corrected chi connectivity index (χ2v) is 11.0. The highest BCUT2D eigenvalue weighted by Crippen LogP contribution is 2.38. The van der Waals surface area contributed by atoms with Crippen molar-refractivity contribution in [1.82, 2.24) is 0 Å². The maximum atomic E-state index is 12.9. The van der Waals surface area contributed by atoms with Crippen LogP contribution >= 0.6 is 11.8 Å². The van der Waals surface area contributed by atoms with Gasteiger partial charge in [-0.25, -0.2) is 9.59 Å². The van der Waals surface area contributed by atoms with Gasteiger partial charge in [0.2, 0.25) is 0 Å². The number of hydrogen-bond donors (Lipinski definition) is 6. The normalized spacial score (nSPS) is 32.5. The highest BCUT2D eigenvalue weighted by molar-refractivity contribution is 8.00. The summed E-state index contributed by atoms with van der Waals surface area (Å²) in [5.41, 5.74) is -2.59. The first-order chi connectivity index (χ1) is 20.6. The van der Waals surface area contributed by atoms with Crippen LogP contribution in [0.1, 0.15) is 20.7 Å². The molecule has 10 atom stereocenters. The number of carbonyl (C=O) groups is 2. The minimum Gasteiger partial charge on any atom is -0.497 e. The molecule has 0 spiro atoms. The predicted molar refractivity (Wildman–Crippen MR) is 148 cm³/mol. The van der Waals surface area contributed by atoms with Gasteiger partial charge in [0.15, 0.2) is 12.2 Å². The Balaban J connectivity index is 1.51. The molecule has 6 N–H and O–H groups in total. The van der Waals surface area contributed by atoms with Gasteiger partial charge in [-0.15, -0.1) is 0 Å². The van der Waals surface area contributed by atoms with Gasteiger partial charge in [0, 0.05) is 0 Å². The monoisotopic (exact) mass is 626 g/mol. The average molecular weight is 627 g/mol. The Morgan fingerprint density at radius 2 is 1.09 bits per heavy atom. The van der Waals surface area contributed by atoms with Crippen molar-refractivity contribution in [3.8, 4) is 11.5 Å². The Hall–Kier alpha value is -2.99. The fourth-order valence-electron chi connectivity index (χ4n) is 4.63. The average Bonchev–Trinajstić information content (AvgIpc) is 3.03. The summed E-state index contributed by atoms with van der Waals surface area (Å²) in [5, 5.41) is 63.2. The molecule has 2 heterocycles. The number of rotatable bonds is 10. The van der Waals surface area contributed by atoms with Gasteiger partial charge in [0.25, 0.3) is 0 Å². The molecule has 0 aromatic heterocycles. The zero-order valence-corrected chi connectivity index (χ0v) is 24.0.